The first kappa shape index (κ1) is 19.8. The normalized spacial score (nSPS) is 12.4. The largest absolute Gasteiger partial charge is 0.350 e. The predicted molar refractivity (Wildman–Crippen MR) is 99.3 cm³/mol. The van der Waals surface area contributed by atoms with Crippen molar-refractivity contribution in [3.8, 4) is 0 Å². The first-order chi connectivity index (χ1) is 12.3. The van der Waals surface area contributed by atoms with Crippen LogP contribution in [0.2, 0.25) is 0 Å². The molecule has 0 bridgehead atoms. The Labute approximate surface area is 153 Å². The van der Waals surface area contributed by atoms with Gasteiger partial charge in [0.05, 0.1) is 10.9 Å². The zero-order chi connectivity index (χ0) is 19.2. The van der Waals surface area contributed by atoms with E-state index in [1.165, 1.54) is 25.1 Å². The van der Waals surface area contributed by atoms with Gasteiger partial charge < -0.3 is 5.32 Å². The Bertz CT molecular complexity index is 879. The summed E-state index contributed by atoms with van der Waals surface area (Å²) in [6, 6.07) is 15.1. The van der Waals surface area contributed by atoms with E-state index in [0.717, 1.165) is 5.56 Å². The molecule has 1 atom stereocenters. The van der Waals surface area contributed by atoms with E-state index in [9.17, 15) is 18.0 Å². The molecule has 2 aromatic carbocycles. The molecule has 2 rings (SSSR count). The summed E-state index contributed by atoms with van der Waals surface area (Å²) in [5.41, 5.74) is 1.30. The van der Waals surface area contributed by atoms with Gasteiger partial charge in [-0.2, -0.15) is 0 Å². The van der Waals surface area contributed by atoms with Crippen molar-refractivity contribution in [2.45, 2.75) is 31.2 Å². The zero-order valence-corrected chi connectivity index (χ0v) is 15.5. The smallest absolute Gasteiger partial charge is 0.240 e. The Morgan fingerprint density at radius 1 is 1.04 bits per heavy atom. The lowest BCUT2D eigenvalue weighted by atomic mass is 10.1. The van der Waals surface area contributed by atoms with Gasteiger partial charge in [-0.15, -0.1) is 0 Å². The van der Waals surface area contributed by atoms with Gasteiger partial charge in [-0.25, -0.2) is 13.1 Å². The van der Waals surface area contributed by atoms with Crippen molar-refractivity contribution in [3.63, 3.8) is 0 Å². The van der Waals surface area contributed by atoms with Crippen molar-refractivity contribution in [3.05, 3.63) is 65.7 Å². The summed E-state index contributed by atoms with van der Waals surface area (Å²) in [5.74, 6) is -0.460. The third-order valence-corrected chi connectivity index (χ3v) is 5.33. The number of sulfonamides is 1. The Balaban J connectivity index is 1.89. The van der Waals surface area contributed by atoms with E-state index >= 15 is 0 Å². The number of nitrogens with one attached hydrogen (secondary N) is 2. The van der Waals surface area contributed by atoms with Crippen molar-refractivity contribution in [1.82, 2.24) is 10.0 Å². The quantitative estimate of drug-likeness (QED) is 0.694. The third-order valence-electron chi connectivity index (χ3n) is 3.87. The number of carbonyl (C=O) groups is 2. The van der Waals surface area contributed by atoms with Crippen LogP contribution < -0.4 is 10.0 Å². The lowest BCUT2D eigenvalue weighted by Crippen LogP contribution is -2.32. The van der Waals surface area contributed by atoms with Crippen molar-refractivity contribution in [2.75, 3.05) is 6.54 Å². The van der Waals surface area contributed by atoms with Crippen LogP contribution in [0.1, 0.15) is 42.2 Å². The molecule has 138 valence electrons. The molecule has 7 heteroatoms. The third kappa shape index (κ3) is 5.50. The van der Waals surface area contributed by atoms with Gasteiger partial charge in [0.15, 0.2) is 5.78 Å². The Morgan fingerprint density at radius 2 is 1.73 bits per heavy atom. The van der Waals surface area contributed by atoms with E-state index < -0.39 is 10.0 Å². The maximum absolute atomic E-state index is 12.3. The van der Waals surface area contributed by atoms with Crippen molar-refractivity contribution < 1.29 is 18.0 Å². The SMILES string of the molecule is CC(=O)c1cccc(S(=O)(=O)NCCC(=O)NC(C)c2ccccc2)c1. The van der Waals surface area contributed by atoms with Crippen LogP contribution in [0.15, 0.2) is 59.5 Å². The standard InChI is InChI=1S/C19H22N2O4S/c1-14(16-7-4-3-5-8-16)21-19(23)11-12-20-26(24,25)18-10-6-9-17(13-18)15(2)22/h3-10,13-14,20H,11-12H2,1-2H3,(H,21,23). The summed E-state index contributed by atoms with van der Waals surface area (Å²) in [5, 5.41) is 2.83. The van der Waals surface area contributed by atoms with Crippen molar-refractivity contribution >= 4 is 21.7 Å². The summed E-state index contributed by atoms with van der Waals surface area (Å²) >= 11 is 0. The summed E-state index contributed by atoms with van der Waals surface area (Å²) in [6.07, 6.45) is 0.0167. The molecule has 0 spiro atoms. The highest BCUT2D eigenvalue weighted by Crippen LogP contribution is 2.13. The van der Waals surface area contributed by atoms with E-state index in [0.29, 0.717) is 5.56 Å². The van der Waals surface area contributed by atoms with Gasteiger partial charge in [0.2, 0.25) is 15.9 Å². The summed E-state index contributed by atoms with van der Waals surface area (Å²) in [4.78, 5) is 23.4. The fourth-order valence-corrected chi connectivity index (χ4v) is 3.48. The molecule has 0 aliphatic rings. The van der Waals surface area contributed by atoms with Crippen LogP contribution in [-0.2, 0) is 14.8 Å². The molecule has 2 aromatic rings. The number of hydrogen-bond acceptors (Lipinski definition) is 4. The zero-order valence-electron chi connectivity index (χ0n) is 14.7. The van der Waals surface area contributed by atoms with E-state index in [1.807, 2.05) is 37.3 Å². The van der Waals surface area contributed by atoms with Gasteiger partial charge in [-0.1, -0.05) is 42.5 Å². The molecule has 0 aliphatic carbocycles. The van der Waals surface area contributed by atoms with Crippen LogP contribution in [0, 0.1) is 0 Å². The number of hydrogen-bond donors (Lipinski definition) is 2. The molecular weight excluding hydrogens is 352 g/mol. The average Bonchev–Trinajstić information content (AvgIpc) is 2.62. The lowest BCUT2D eigenvalue weighted by Gasteiger charge is -2.14. The molecule has 0 aromatic heterocycles. The first-order valence-electron chi connectivity index (χ1n) is 8.24. The molecule has 2 N–H and O–H groups in total. The molecule has 26 heavy (non-hydrogen) atoms. The van der Waals surface area contributed by atoms with Crippen LogP contribution in [0.4, 0.5) is 0 Å². The van der Waals surface area contributed by atoms with Gasteiger partial charge in [-0.05, 0) is 31.5 Å². The maximum atomic E-state index is 12.3. The molecular formula is C19H22N2O4S. The van der Waals surface area contributed by atoms with Gasteiger partial charge in [0.1, 0.15) is 0 Å². The molecule has 0 aliphatic heterocycles. The topological polar surface area (TPSA) is 92.3 Å². The monoisotopic (exact) mass is 374 g/mol. The van der Waals surface area contributed by atoms with Crippen LogP contribution in [-0.4, -0.2) is 26.7 Å². The molecule has 0 heterocycles. The van der Waals surface area contributed by atoms with Gasteiger partial charge in [0.25, 0.3) is 0 Å². The van der Waals surface area contributed by atoms with E-state index in [2.05, 4.69) is 10.0 Å². The number of rotatable bonds is 8. The average molecular weight is 374 g/mol. The second kappa shape index (κ2) is 8.73. The minimum Gasteiger partial charge on any atom is -0.350 e. The number of amides is 1. The number of Topliss-reactive ketones (excluding diaryl/α,β-unsaturated/α-hetero) is 1. The highest BCUT2D eigenvalue weighted by molar-refractivity contribution is 7.89. The predicted octanol–water partition coefficient (Wildman–Crippen LogP) is 2.44. The van der Waals surface area contributed by atoms with Crippen molar-refractivity contribution in [2.24, 2.45) is 0 Å². The second-order valence-corrected chi connectivity index (χ2v) is 7.70. The molecule has 0 saturated heterocycles. The Kier molecular flexibility index (Phi) is 6.65. The highest BCUT2D eigenvalue weighted by Gasteiger charge is 2.16. The fourth-order valence-electron chi connectivity index (χ4n) is 2.40. The molecule has 1 amide bonds. The minimum absolute atomic E-state index is 0.00302. The van der Waals surface area contributed by atoms with Gasteiger partial charge in [0, 0.05) is 18.5 Å². The Hall–Kier alpha value is -2.51. The van der Waals surface area contributed by atoms with E-state index in [4.69, 9.17) is 0 Å². The highest BCUT2D eigenvalue weighted by atomic mass is 32.2. The summed E-state index contributed by atoms with van der Waals surface area (Å²) in [7, 11) is -3.77. The van der Waals surface area contributed by atoms with Crippen LogP contribution >= 0.6 is 0 Å². The number of benzene rings is 2. The summed E-state index contributed by atoms with van der Waals surface area (Å²) in [6.45, 7) is 3.21. The molecule has 6 nitrogen and oxygen atoms in total. The summed E-state index contributed by atoms with van der Waals surface area (Å²) < 4.78 is 26.9. The van der Waals surface area contributed by atoms with Gasteiger partial charge in [-0.3, -0.25) is 9.59 Å². The fraction of sp³-hybridized carbons (Fsp3) is 0.263. The van der Waals surface area contributed by atoms with Crippen LogP contribution in [0.5, 0.6) is 0 Å². The molecule has 0 saturated carbocycles. The minimum atomic E-state index is -3.77. The second-order valence-electron chi connectivity index (χ2n) is 5.93. The Morgan fingerprint density at radius 3 is 2.38 bits per heavy atom. The first-order valence-corrected chi connectivity index (χ1v) is 9.73. The maximum Gasteiger partial charge on any atom is 0.240 e. The van der Waals surface area contributed by atoms with Crippen LogP contribution in [0.25, 0.3) is 0 Å². The molecule has 0 radical (unpaired) electrons. The van der Waals surface area contributed by atoms with Crippen molar-refractivity contribution in [1.29, 1.82) is 0 Å². The number of ketones is 1. The lowest BCUT2D eigenvalue weighted by molar-refractivity contribution is -0.121. The molecule has 0 fully saturated rings. The molecule has 1 unspecified atom stereocenters. The number of carbonyl (C=O) groups excluding carboxylic acids is 2. The van der Waals surface area contributed by atoms with E-state index in [-0.39, 0.29) is 35.6 Å². The van der Waals surface area contributed by atoms with E-state index in [1.54, 1.807) is 6.07 Å². The van der Waals surface area contributed by atoms with Crippen LogP contribution in [0.3, 0.4) is 0 Å². The van der Waals surface area contributed by atoms with Gasteiger partial charge >= 0.3 is 0 Å².